The van der Waals surface area contributed by atoms with Gasteiger partial charge in [0, 0.05) is 30.4 Å². The van der Waals surface area contributed by atoms with Crippen LogP contribution in [-0.2, 0) is 21.4 Å². The van der Waals surface area contributed by atoms with Crippen LogP contribution >= 0.6 is 22.9 Å². The van der Waals surface area contributed by atoms with Crippen molar-refractivity contribution in [3.63, 3.8) is 0 Å². The number of halogens is 1. The molecule has 0 aliphatic carbocycles. The highest BCUT2D eigenvalue weighted by molar-refractivity contribution is 7.89. The minimum absolute atomic E-state index is 0.110. The van der Waals surface area contributed by atoms with Gasteiger partial charge in [0.05, 0.1) is 40.4 Å². The number of nitrogens with zero attached hydrogens (tertiary/aromatic N) is 5. The Balaban J connectivity index is 1.43. The number of thiazole rings is 1. The number of benzene rings is 2. The molecule has 1 amide bonds. The van der Waals surface area contributed by atoms with E-state index < -0.39 is 15.9 Å². The van der Waals surface area contributed by atoms with E-state index in [1.54, 1.807) is 17.0 Å². The second kappa shape index (κ2) is 11.5. The predicted octanol–water partition coefficient (Wildman–Crippen LogP) is 5.21. The number of amides is 1. The number of anilines is 1. The summed E-state index contributed by atoms with van der Waals surface area (Å²) < 4.78 is 36.3. The Bertz CT molecular complexity index is 1650. The van der Waals surface area contributed by atoms with E-state index in [9.17, 15) is 13.2 Å². The van der Waals surface area contributed by atoms with E-state index in [1.165, 1.54) is 34.9 Å². The molecule has 9 nitrogen and oxygen atoms in total. The molecule has 3 heterocycles. The summed E-state index contributed by atoms with van der Waals surface area (Å²) in [5.41, 5.74) is 3.66. The molecule has 40 heavy (non-hydrogen) atoms. The van der Waals surface area contributed by atoms with Crippen LogP contribution in [0.3, 0.4) is 0 Å². The fourth-order valence-corrected chi connectivity index (χ4v) is 8.11. The molecule has 4 aromatic rings. The summed E-state index contributed by atoms with van der Waals surface area (Å²) in [7, 11) is -2.23. The summed E-state index contributed by atoms with van der Waals surface area (Å²) in [6.45, 7) is 7.19. The highest BCUT2D eigenvalue weighted by Crippen LogP contribution is 2.35. The fraction of sp³-hybridized carbons (Fsp3) is 0.393. The number of fused-ring (bicyclic) bond motifs is 1. The highest BCUT2D eigenvalue weighted by Gasteiger charge is 2.36. The van der Waals surface area contributed by atoms with Gasteiger partial charge in [-0.25, -0.2) is 13.4 Å². The Hall–Kier alpha value is -2.99. The Morgan fingerprint density at radius 1 is 1.18 bits per heavy atom. The van der Waals surface area contributed by atoms with Crippen molar-refractivity contribution in [1.29, 1.82) is 0 Å². The Labute approximate surface area is 243 Å². The van der Waals surface area contributed by atoms with Crippen LogP contribution in [0, 0.1) is 26.7 Å². The molecular weight excluding hydrogens is 570 g/mol. The second-order valence-corrected chi connectivity index (χ2v) is 13.5. The molecule has 0 saturated carbocycles. The summed E-state index contributed by atoms with van der Waals surface area (Å²) in [6.07, 6.45) is 1.19. The highest BCUT2D eigenvalue weighted by atomic mass is 35.5. The van der Waals surface area contributed by atoms with Crippen LogP contribution in [-0.4, -0.2) is 60.1 Å². The van der Waals surface area contributed by atoms with E-state index in [1.807, 2.05) is 43.7 Å². The number of ether oxygens (including phenoxy) is 1. The van der Waals surface area contributed by atoms with Crippen molar-refractivity contribution in [3.05, 3.63) is 64.4 Å². The average molecular weight is 602 g/mol. The van der Waals surface area contributed by atoms with Gasteiger partial charge in [-0.05, 0) is 81.6 Å². The summed E-state index contributed by atoms with van der Waals surface area (Å²) in [4.78, 5) is 20.8. The van der Waals surface area contributed by atoms with Crippen molar-refractivity contribution < 1.29 is 17.9 Å². The maximum Gasteiger partial charge on any atom is 0.243 e. The first-order chi connectivity index (χ1) is 19.1. The third-order valence-electron chi connectivity index (χ3n) is 7.21. The first-order valence-electron chi connectivity index (χ1n) is 13.1. The van der Waals surface area contributed by atoms with Crippen molar-refractivity contribution in [2.75, 3.05) is 31.6 Å². The van der Waals surface area contributed by atoms with Crippen LogP contribution in [0.2, 0.25) is 5.02 Å². The molecule has 12 heteroatoms. The molecule has 5 rings (SSSR count). The Morgan fingerprint density at radius 3 is 2.60 bits per heavy atom. The van der Waals surface area contributed by atoms with Gasteiger partial charge in [0.15, 0.2) is 5.13 Å². The maximum absolute atomic E-state index is 14.1. The number of piperidine rings is 1. The van der Waals surface area contributed by atoms with Crippen LogP contribution in [0.15, 0.2) is 47.4 Å². The Morgan fingerprint density at radius 2 is 1.93 bits per heavy atom. The summed E-state index contributed by atoms with van der Waals surface area (Å²) in [6, 6.07) is 12.0. The summed E-state index contributed by atoms with van der Waals surface area (Å²) in [5.74, 6) is -0.0610. The average Bonchev–Trinajstić information content (AvgIpc) is 3.50. The topological polar surface area (TPSA) is 97.6 Å². The molecule has 1 aliphatic rings. The first kappa shape index (κ1) is 28.5. The van der Waals surface area contributed by atoms with Crippen molar-refractivity contribution >= 4 is 54.2 Å². The second-order valence-electron chi connectivity index (χ2n) is 10.1. The summed E-state index contributed by atoms with van der Waals surface area (Å²) >= 11 is 7.71. The van der Waals surface area contributed by atoms with Crippen molar-refractivity contribution in [3.8, 4) is 5.75 Å². The molecule has 0 spiro atoms. The van der Waals surface area contributed by atoms with Crippen LogP contribution in [0.4, 0.5) is 5.13 Å². The quantitative estimate of drug-likeness (QED) is 0.275. The molecule has 1 fully saturated rings. The zero-order valence-electron chi connectivity index (χ0n) is 22.9. The molecule has 1 unspecified atom stereocenters. The van der Waals surface area contributed by atoms with Crippen LogP contribution in [0.25, 0.3) is 10.2 Å². The van der Waals surface area contributed by atoms with Gasteiger partial charge in [-0.15, -0.1) is 0 Å². The number of sulfonamides is 1. The minimum Gasteiger partial charge on any atom is -0.497 e. The molecule has 1 aliphatic heterocycles. The predicted molar refractivity (Wildman–Crippen MR) is 158 cm³/mol. The monoisotopic (exact) mass is 601 g/mol. The lowest BCUT2D eigenvalue weighted by Crippen LogP contribution is -2.47. The van der Waals surface area contributed by atoms with E-state index in [4.69, 9.17) is 21.3 Å². The fourth-order valence-electron chi connectivity index (χ4n) is 5.13. The van der Waals surface area contributed by atoms with E-state index in [2.05, 4.69) is 5.10 Å². The van der Waals surface area contributed by atoms with Crippen molar-refractivity contribution in [1.82, 2.24) is 19.1 Å². The zero-order valence-corrected chi connectivity index (χ0v) is 25.3. The smallest absolute Gasteiger partial charge is 0.243 e. The van der Waals surface area contributed by atoms with E-state index in [0.717, 1.165) is 27.2 Å². The number of methoxy groups -OCH3 is 1. The van der Waals surface area contributed by atoms with Gasteiger partial charge in [0.1, 0.15) is 5.75 Å². The van der Waals surface area contributed by atoms with Crippen LogP contribution in [0.5, 0.6) is 5.75 Å². The lowest BCUT2D eigenvalue weighted by Gasteiger charge is -2.33. The van der Waals surface area contributed by atoms with Gasteiger partial charge in [0.2, 0.25) is 15.9 Å². The molecule has 1 saturated heterocycles. The van der Waals surface area contributed by atoms with Crippen LogP contribution < -0.4 is 9.64 Å². The number of rotatable bonds is 8. The van der Waals surface area contributed by atoms with Gasteiger partial charge in [-0.3, -0.25) is 14.4 Å². The van der Waals surface area contributed by atoms with Gasteiger partial charge in [0.25, 0.3) is 0 Å². The number of aryl methyl sites for hydroxylation is 3. The first-order valence-corrected chi connectivity index (χ1v) is 15.7. The lowest BCUT2D eigenvalue weighted by molar-refractivity contribution is -0.123. The zero-order chi connectivity index (χ0) is 28.6. The third-order valence-corrected chi connectivity index (χ3v) is 10.3. The SMILES string of the molecule is COc1ccc(S(=O)(=O)N2CCCC(C(=O)N(CCn3nc(C)cc3C)c3nc4c(C)cc(Cl)cc4s3)C2)cc1. The number of hydrogen-bond donors (Lipinski definition) is 0. The molecule has 0 radical (unpaired) electrons. The molecule has 2 aromatic heterocycles. The standard InChI is InChI=1S/C28H32ClN5O4S2/c1-18-14-22(29)16-25-26(18)30-28(39-25)33(12-13-34-20(3)15-19(2)31-34)27(35)21-6-5-11-32(17-21)40(36,37)24-9-7-23(38-4)8-10-24/h7-10,14-16,21H,5-6,11-13,17H2,1-4H3. The van der Waals surface area contributed by atoms with Gasteiger partial charge >= 0.3 is 0 Å². The number of carbonyl (C=O) groups excluding carboxylic acids is 1. The molecule has 2 aromatic carbocycles. The largest absolute Gasteiger partial charge is 0.497 e. The Kier molecular flexibility index (Phi) is 8.19. The molecule has 212 valence electrons. The van der Waals surface area contributed by atoms with Gasteiger partial charge in [-0.2, -0.15) is 9.40 Å². The summed E-state index contributed by atoms with van der Waals surface area (Å²) in [5, 5.41) is 5.74. The lowest BCUT2D eigenvalue weighted by atomic mass is 9.98. The van der Waals surface area contributed by atoms with Gasteiger partial charge < -0.3 is 4.74 Å². The third kappa shape index (κ3) is 5.74. The van der Waals surface area contributed by atoms with E-state index in [-0.39, 0.29) is 17.3 Å². The number of carbonyl (C=O) groups is 1. The maximum atomic E-state index is 14.1. The van der Waals surface area contributed by atoms with E-state index in [0.29, 0.717) is 48.4 Å². The molecule has 1 atom stereocenters. The minimum atomic E-state index is -3.77. The van der Waals surface area contributed by atoms with Crippen LogP contribution in [0.1, 0.15) is 29.8 Å². The van der Waals surface area contributed by atoms with Crippen molar-refractivity contribution in [2.24, 2.45) is 5.92 Å². The number of hydrogen-bond acceptors (Lipinski definition) is 7. The molecule has 0 bridgehead atoms. The van der Waals surface area contributed by atoms with E-state index >= 15 is 0 Å². The molecular formula is C28H32ClN5O4S2. The van der Waals surface area contributed by atoms with Gasteiger partial charge in [-0.1, -0.05) is 22.9 Å². The molecule has 0 N–H and O–H groups in total. The normalized spacial score (nSPS) is 16.4. The number of aromatic nitrogens is 3. The van der Waals surface area contributed by atoms with Crippen molar-refractivity contribution in [2.45, 2.75) is 45.1 Å².